The molecule has 1 fully saturated rings. The maximum Gasteiger partial charge on any atom is 0.250 e. The first-order valence-corrected chi connectivity index (χ1v) is 7.14. The summed E-state index contributed by atoms with van der Waals surface area (Å²) >= 11 is 0. The second kappa shape index (κ2) is 4.87. The van der Waals surface area contributed by atoms with Gasteiger partial charge in [-0.25, -0.2) is 8.42 Å². The molecule has 1 aliphatic rings. The van der Waals surface area contributed by atoms with Gasteiger partial charge in [-0.2, -0.15) is 4.31 Å². The van der Waals surface area contributed by atoms with Crippen molar-refractivity contribution in [2.24, 2.45) is 5.73 Å². The Morgan fingerprint density at radius 3 is 2.89 bits per heavy atom. The third-order valence-electron chi connectivity index (χ3n) is 3.03. The van der Waals surface area contributed by atoms with E-state index in [-0.39, 0.29) is 24.6 Å². The van der Waals surface area contributed by atoms with E-state index in [9.17, 15) is 13.2 Å². The van der Waals surface area contributed by atoms with Crippen molar-refractivity contribution in [1.82, 2.24) is 9.29 Å². The lowest BCUT2D eigenvalue weighted by Crippen LogP contribution is -2.58. The molecule has 1 unspecified atom stereocenters. The molecular weight excluding hydrogens is 270 g/mol. The summed E-state index contributed by atoms with van der Waals surface area (Å²) in [5.74, 6) is -0.682. The Kier molecular flexibility index (Phi) is 3.57. The fourth-order valence-corrected chi connectivity index (χ4v) is 3.31. The smallest absolute Gasteiger partial charge is 0.250 e. The number of amides is 1. The number of pyridine rings is 1. The minimum Gasteiger partial charge on any atom is -0.367 e. The second-order valence-electron chi connectivity index (χ2n) is 4.47. The van der Waals surface area contributed by atoms with E-state index in [1.807, 2.05) is 0 Å². The van der Waals surface area contributed by atoms with Gasteiger partial charge in [-0.3, -0.25) is 9.78 Å². The van der Waals surface area contributed by atoms with Crippen LogP contribution in [-0.2, 0) is 19.6 Å². The third-order valence-corrected chi connectivity index (χ3v) is 4.86. The van der Waals surface area contributed by atoms with Gasteiger partial charge in [-0.05, 0) is 19.1 Å². The average molecular weight is 285 g/mol. The Hall–Kier alpha value is -1.51. The van der Waals surface area contributed by atoms with Crippen molar-refractivity contribution >= 4 is 15.9 Å². The largest absolute Gasteiger partial charge is 0.367 e. The van der Waals surface area contributed by atoms with Crippen LogP contribution in [0.2, 0.25) is 0 Å². The molecule has 0 spiro atoms. The number of aromatic nitrogens is 1. The number of primary amides is 1. The fraction of sp³-hybridized carbons (Fsp3) is 0.455. The third kappa shape index (κ3) is 2.60. The van der Waals surface area contributed by atoms with Crippen molar-refractivity contribution in [2.75, 3.05) is 19.7 Å². The molecule has 1 amide bonds. The maximum absolute atomic E-state index is 12.4. The summed E-state index contributed by atoms with van der Waals surface area (Å²) in [7, 11) is -3.68. The lowest BCUT2D eigenvalue weighted by Gasteiger charge is -2.37. The van der Waals surface area contributed by atoms with Gasteiger partial charge in [0.1, 0.15) is 4.90 Å². The Labute approximate surface area is 111 Å². The van der Waals surface area contributed by atoms with Gasteiger partial charge in [-0.15, -0.1) is 0 Å². The van der Waals surface area contributed by atoms with Crippen LogP contribution in [0, 0.1) is 0 Å². The average Bonchev–Trinajstić information content (AvgIpc) is 2.39. The van der Waals surface area contributed by atoms with Crippen LogP contribution >= 0.6 is 0 Å². The summed E-state index contributed by atoms with van der Waals surface area (Å²) in [5, 5.41) is 0. The van der Waals surface area contributed by atoms with Crippen LogP contribution in [0.3, 0.4) is 0 Å². The minimum absolute atomic E-state index is 0.0868. The fourth-order valence-electron chi connectivity index (χ4n) is 1.84. The molecule has 0 aromatic carbocycles. The van der Waals surface area contributed by atoms with Gasteiger partial charge in [0.2, 0.25) is 10.0 Å². The van der Waals surface area contributed by atoms with Crippen LogP contribution in [0.4, 0.5) is 0 Å². The van der Waals surface area contributed by atoms with Gasteiger partial charge in [-0.1, -0.05) is 0 Å². The molecule has 0 radical (unpaired) electrons. The number of carbonyl (C=O) groups excluding carboxylic acids is 1. The predicted molar refractivity (Wildman–Crippen MR) is 66.5 cm³/mol. The van der Waals surface area contributed by atoms with E-state index in [0.29, 0.717) is 0 Å². The van der Waals surface area contributed by atoms with E-state index in [1.165, 1.54) is 29.7 Å². The maximum atomic E-state index is 12.4. The van der Waals surface area contributed by atoms with Crippen molar-refractivity contribution in [3.63, 3.8) is 0 Å². The monoisotopic (exact) mass is 285 g/mol. The number of carbonyl (C=O) groups is 1. The van der Waals surface area contributed by atoms with Gasteiger partial charge in [0.25, 0.3) is 5.91 Å². The van der Waals surface area contributed by atoms with Gasteiger partial charge in [0, 0.05) is 18.9 Å². The zero-order valence-corrected chi connectivity index (χ0v) is 11.3. The van der Waals surface area contributed by atoms with Crippen LogP contribution in [0.15, 0.2) is 29.4 Å². The van der Waals surface area contributed by atoms with Crippen molar-refractivity contribution in [3.05, 3.63) is 24.5 Å². The number of morpholine rings is 1. The first kappa shape index (κ1) is 13.9. The zero-order chi connectivity index (χ0) is 14.1. The first-order valence-electron chi connectivity index (χ1n) is 5.70. The molecule has 0 saturated carbocycles. The van der Waals surface area contributed by atoms with Crippen LogP contribution in [-0.4, -0.2) is 48.9 Å². The summed E-state index contributed by atoms with van der Waals surface area (Å²) in [6, 6.07) is 3.00. The topological polar surface area (TPSA) is 103 Å². The molecule has 104 valence electrons. The summed E-state index contributed by atoms with van der Waals surface area (Å²) in [5.41, 5.74) is 3.95. The normalized spacial score (nSPS) is 25.1. The highest BCUT2D eigenvalue weighted by molar-refractivity contribution is 7.89. The van der Waals surface area contributed by atoms with Crippen molar-refractivity contribution in [1.29, 1.82) is 0 Å². The highest BCUT2D eigenvalue weighted by Crippen LogP contribution is 2.23. The summed E-state index contributed by atoms with van der Waals surface area (Å²) < 4.78 is 31.2. The number of hydrogen-bond donors (Lipinski definition) is 1. The molecule has 0 bridgehead atoms. The van der Waals surface area contributed by atoms with Crippen LogP contribution in [0.5, 0.6) is 0 Å². The molecule has 2 rings (SSSR count). The second-order valence-corrected chi connectivity index (χ2v) is 6.41. The number of sulfonamides is 1. The molecule has 1 saturated heterocycles. The van der Waals surface area contributed by atoms with Crippen molar-refractivity contribution < 1.29 is 17.9 Å². The number of hydrogen-bond acceptors (Lipinski definition) is 5. The van der Waals surface area contributed by atoms with Gasteiger partial charge >= 0.3 is 0 Å². The molecule has 1 aromatic rings. The molecule has 1 atom stereocenters. The SMILES string of the molecule is CC1(C(N)=O)CN(S(=O)(=O)c2cccnc2)CCO1. The van der Waals surface area contributed by atoms with Gasteiger partial charge in [0.05, 0.1) is 13.2 Å². The van der Waals surface area contributed by atoms with Gasteiger partial charge in [0.15, 0.2) is 5.60 Å². The lowest BCUT2D eigenvalue weighted by molar-refractivity contribution is -0.148. The Bertz CT molecular complexity index is 575. The number of nitrogens with two attached hydrogens (primary N) is 1. The Balaban J connectivity index is 2.30. The molecule has 1 aliphatic heterocycles. The van der Waals surface area contributed by atoms with Gasteiger partial charge < -0.3 is 10.5 Å². The van der Waals surface area contributed by atoms with Crippen LogP contribution in [0.25, 0.3) is 0 Å². The van der Waals surface area contributed by atoms with E-state index in [2.05, 4.69) is 4.98 Å². The summed E-state index contributed by atoms with van der Waals surface area (Å²) in [6.45, 7) is 1.69. The number of ether oxygens (including phenoxy) is 1. The highest BCUT2D eigenvalue weighted by Gasteiger charge is 2.42. The molecule has 2 heterocycles. The summed E-state index contributed by atoms with van der Waals surface area (Å²) in [6.07, 6.45) is 2.76. The molecule has 2 N–H and O–H groups in total. The quantitative estimate of drug-likeness (QED) is 0.794. The minimum atomic E-state index is -3.68. The molecule has 1 aromatic heterocycles. The van der Waals surface area contributed by atoms with E-state index in [1.54, 1.807) is 6.07 Å². The van der Waals surface area contributed by atoms with Crippen LogP contribution < -0.4 is 5.73 Å². The molecule has 19 heavy (non-hydrogen) atoms. The van der Waals surface area contributed by atoms with Crippen LogP contribution in [0.1, 0.15) is 6.92 Å². The zero-order valence-electron chi connectivity index (χ0n) is 10.4. The highest BCUT2D eigenvalue weighted by atomic mass is 32.2. The Morgan fingerprint density at radius 1 is 1.58 bits per heavy atom. The standard InChI is InChI=1S/C11H15N3O4S/c1-11(10(12)15)8-14(5-6-18-11)19(16,17)9-3-2-4-13-7-9/h2-4,7H,5-6,8H2,1H3,(H2,12,15). The van der Waals surface area contributed by atoms with Crippen molar-refractivity contribution in [2.45, 2.75) is 17.4 Å². The van der Waals surface area contributed by atoms with Crippen molar-refractivity contribution in [3.8, 4) is 0 Å². The molecule has 8 heteroatoms. The molecule has 0 aliphatic carbocycles. The first-order chi connectivity index (χ1) is 8.86. The molecule has 7 nitrogen and oxygen atoms in total. The van der Waals surface area contributed by atoms with E-state index in [4.69, 9.17) is 10.5 Å². The van der Waals surface area contributed by atoms with E-state index >= 15 is 0 Å². The predicted octanol–water partition coefficient (Wildman–Crippen LogP) is -0.653. The van der Waals surface area contributed by atoms with E-state index in [0.717, 1.165) is 0 Å². The number of rotatable bonds is 3. The van der Waals surface area contributed by atoms with E-state index < -0.39 is 21.5 Å². The Morgan fingerprint density at radius 2 is 2.32 bits per heavy atom. The molecular formula is C11H15N3O4S. The number of nitrogens with zero attached hydrogens (tertiary/aromatic N) is 2. The lowest BCUT2D eigenvalue weighted by atomic mass is 10.1. The summed E-state index contributed by atoms with van der Waals surface area (Å²) in [4.78, 5) is 15.2.